The number of hydrogen-bond donors (Lipinski definition) is 3. The van der Waals surface area contributed by atoms with Crippen LogP contribution in [0.1, 0.15) is 22.3 Å². The van der Waals surface area contributed by atoms with Crippen molar-refractivity contribution in [2.75, 3.05) is 7.11 Å². The summed E-state index contributed by atoms with van der Waals surface area (Å²) in [5.41, 5.74) is 1.02. The molecule has 7 nitrogen and oxygen atoms in total. The van der Waals surface area contributed by atoms with Crippen LogP contribution in [0.4, 0.5) is 0 Å². The Morgan fingerprint density at radius 3 is 2.45 bits per heavy atom. The Labute approximate surface area is 115 Å². The monoisotopic (exact) mass is 281 g/mol. The van der Waals surface area contributed by atoms with E-state index in [9.17, 15) is 14.4 Å². The molecule has 108 valence electrons. The maximum Gasteiger partial charge on any atom is 0.326 e. The molecule has 0 unspecified atom stereocenters. The number of carbonyl (C=O) groups excluding carboxylic acids is 1. The molecule has 0 aromatic heterocycles. The van der Waals surface area contributed by atoms with E-state index >= 15 is 0 Å². The first-order valence-corrected chi connectivity index (χ1v) is 5.75. The summed E-state index contributed by atoms with van der Waals surface area (Å²) in [7, 11) is 1.45. The number of nitrogens with one attached hydrogen (secondary N) is 1. The molecule has 3 N–H and O–H groups in total. The lowest BCUT2D eigenvalue weighted by atomic mass is 10.1. The highest BCUT2D eigenvalue weighted by Gasteiger charge is 2.23. The predicted molar refractivity (Wildman–Crippen MR) is 68.9 cm³/mol. The molecule has 20 heavy (non-hydrogen) atoms. The van der Waals surface area contributed by atoms with Crippen LogP contribution in [0.15, 0.2) is 18.2 Å². The summed E-state index contributed by atoms with van der Waals surface area (Å²) < 4.78 is 5.06. The van der Waals surface area contributed by atoms with Gasteiger partial charge in [-0.15, -0.1) is 0 Å². The summed E-state index contributed by atoms with van der Waals surface area (Å²) in [4.78, 5) is 33.3. The van der Waals surface area contributed by atoms with Gasteiger partial charge in [-0.1, -0.05) is 6.07 Å². The molecule has 1 rings (SSSR count). The molecular formula is C13H15NO6. The number of hydrogen-bond acceptors (Lipinski definition) is 4. The van der Waals surface area contributed by atoms with Gasteiger partial charge in [0.15, 0.2) is 0 Å². The average molecular weight is 281 g/mol. The lowest BCUT2D eigenvalue weighted by molar-refractivity contribution is -0.145. The molecular weight excluding hydrogens is 266 g/mol. The summed E-state index contributed by atoms with van der Waals surface area (Å²) in [5.74, 6) is -2.89. The van der Waals surface area contributed by atoms with Crippen molar-refractivity contribution in [3.63, 3.8) is 0 Å². The van der Waals surface area contributed by atoms with Crippen LogP contribution in [0.5, 0.6) is 5.75 Å². The van der Waals surface area contributed by atoms with Crippen LogP contribution < -0.4 is 10.1 Å². The topological polar surface area (TPSA) is 113 Å². The Kier molecular flexibility index (Phi) is 5.08. The third-order valence-corrected chi connectivity index (χ3v) is 2.65. The van der Waals surface area contributed by atoms with E-state index in [0.717, 1.165) is 5.56 Å². The molecule has 1 aromatic rings. The van der Waals surface area contributed by atoms with Gasteiger partial charge in [0.25, 0.3) is 5.91 Å². The van der Waals surface area contributed by atoms with E-state index in [4.69, 9.17) is 14.9 Å². The van der Waals surface area contributed by atoms with Gasteiger partial charge < -0.3 is 20.3 Å². The van der Waals surface area contributed by atoms with E-state index in [1.807, 2.05) is 0 Å². The number of methoxy groups -OCH3 is 1. The number of carboxylic acids is 2. The highest BCUT2D eigenvalue weighted by molar-refractivity contribution is 5.97. The van der Waals surface area contributed by atoms with Crippen LogP contribution in [0.2, 0.25) is 0 Å². The first kappa shape index (κ1) is 15.5. The van der Waals surface area contributed by atoms with Crippen molar-refractivity contribution in [3.8, 4) is 5.75 Å². The first-order chi connectivity index (χ1) is 9.35. The number of carbonyl (C=O) groups is 3. The number of carboxylic acid groups (broad SMARTS) is 2. The van der Waals surface area contributed by atoms with Gasteiger partial charge in [-0.3, -0.25) is 9.59 Å². The SMILES string of the molecule is COc1cc(C(=O)N[C@@H](CC(=O)O)C(=O)O)ccc1C. The van der Waals surface area contributed by atoms with Gasteiger partial charge in [0.05, 0.1) is 13.5 Å². The van der Waals surface area contributed by atoms with Crippen molar-refractivity contribution in [3.05, 3.63) is 29.3 Å². The molecule has 0 spiro atoms. The molecule has 0 saturated heterocycles. The molecule has 1 aromatic carbocycles. The maximum atomic E-state index is 11.9. The first-order valence-electron chi connectivity index (χ1n) is 5.75. The maximum absolute atomic E-state index is 11.9. The van der Waals surface area contributed by atoms with Crippen LogP contribution in [-0.4, -0.2) is 41.2 Å². The Morgan fingerprint density at radius 1 is 1.30 bits per heavy atom. The van der Waals surface area contributed by atoms with E-state index in [1.54, 1.807) is 13.0 Å². The van der Waals surface area contributed by atoms with Crippen molar-refractivity contribution in [1.29, 1.82) is 0 Å². The normalized spacial score (nSPS) is 11.5. The lowest BCUT2D eigenvalue weighted by Crippen LogP contribution is -2.42. The van der Waals surface area contributed by atoms with E-state index in [-0.39, 0.29) is 5.56 Å². The minimum Gasteiger partial charge on any atom is -0.496 e. The molecule has 0 aliphatic carbocycles. The summed E-state index contributed by atoms with van der Waals surface area (Å²) in [5, 5.41) is 19.6. The predicted octanol–water partition coefficient (Wildman–Crippen LogP) is 0.661. The van der Waals surface area contributed by atoms with E-state index in [2.05, 4.69) is 5.32 Å². The lowest BCUT2D eigenvalue weighted by Gasteiger charge is -2.13. The van der Waals surface area contributed by atoms with Gasteiger partial charge in [0.2, 0.25) is 0 Å². The highest BCUT2D eigenvalue weighted by Crippen LogP contribution is 2.19. The largest absolute Gasteiger partial charge is 0.496 e. The summed E-state index contributed by atoms with van der Waals surface area (Å²) in [6, 6.07) is 3.14. The number of ether oxygens (including phenoxy) is 1. The van der Waals surface area contributed by atoms with E-state index in [1.165, 1.54) is 19.2 Å². The highest BCUT2D eigenvalue weighted by atomic mass is 16.5. The van der Waals surface area contributed by atoms with Gasteiger partial charge in [-0.25, -0.2) is 4.79 Å². The van der Waals surface area contributed by atoms with Gasteiger partial charge in [0.1, 0.15) is 11.8 Å². The van der Waals surface area contributed by atoms with Crippen molar-refractivity contribution >= 4 is 17.8 Å². The van der Waals surface area contributed by atoms with Gasteiger partial charge in [-0.05, 0) is 24.6 Å². The Morgan fingerprint density at radius 2 is 1.95 bits per heavy atom. The summed E-state index contributed by atoms with van der Waals surface area (Å²) >= 11 is 0. The van der Waals surface area contributed by atoms with Crippen LogP contribution in [0.3, 0.4) is 0 Å². The second kappa shape index (κ2) is 6.55. The Hall–Kier alpha value is -2.57. The zero-order valence-corrected chi connectivity index (χ0v) is 11.0. The second-order valence-electron chi connectivity index (χ2n) is 4.15. The van der Waals surface area contributed by atoms with Crippen molar-refractivity contribution in [2.45, 2.75) is 19.4 Å². The molecule has 0 heterocycles. The number of aryl methyl sites for hydroxylation is 1. The number of rotatable bonds is 6. The third-order valence-electron chi connectivity index (χ3n) is 2.65. The van der Waals surface area contributed by atoms with Gasteiger partial charge in [-0.2, -0.15) is 0 Å². The van der Waals surface area contributed by atoms with E-state index in [0.29, 0.717) is 5.75 Å². The minimum atomic E-state index is -1.48. The molecule has 0 radical (unpaired) electrons. The van der Waals surface area contributed by atoms with Crippen molar-refractivity contribution < 1.29 is 29.3 Å². The van der Waals surface area contributed by atoms with E-state index < -0.39 is 30.3 Å². The molecule has 0 aliphatic heterocycles. The van der Waals surface area contributed by atoms with Crippen LogP contribution in [0, 0.1) is 6.92 Å². The molecule has 0 aliphatic rings. The van der Waals surface area contributed by atoms with Gasteiger partial charge in [0, 0.05) is 5.56 Å². The molecule has 0 bridgehead atoms. The number of benzene rings is 1. The summed E-state index contributed by atoms with van der Waals surface area (Å²) in [6.07, 6.45) is -0.690. The van der Waals surface area contributed by atoms with Gasteiger partial charge >= 0.3 is 11.9 Å². The Balaban J connectivity index is 2.88. The van der Waals surface area contributed by atoms with Crippen LogP contribution in [0.25, 0.3) is 0 Å². The standard InChI is InChI=1S/C13H15NO6/c1-7-3-4-8(5-10(7)20-2)12(17)14-9(13(18)19)6-11(15)16/h3-5,9H,6H2,1-2H3,(H,14,17)(H,15,16)(H,18,19)/t9-/m0/s1. The average Bonchev–Trinajstić information content (AvgIpc) is 2.37. The second-order valence-corrected chi connectivity index (χ2v) is 4.15. The molecule has 1 amide bonds. The third kappa shape index (κ3) is 3.98. The smallest absolute Gasteiger partial charge is 0.326 e. The fourth-order valence-electron chi connectivity index (χ4n) is 1.58. The number of amides is 1. The fourth-order valence-corrected chi connectivity index (χ4v) is 1.58. The fraction of sp³-hybridized carbons (Fsp3) is 0.308. The quantitative estimate of drug-likeness (QED) is 0.706. The zero-order valence-electron chi connectivity index (χ0n) is 11.0. The van der Waals surface area contributed by atoms with Crippen molar-refractivity contribution in [2.24, 2.45) is 0 Å². The Bertz CT molecular complexity index is 540. The zero-order chi connectivity index (χ0) is 15.3. The molecule has 0 fully saturated rings. The van der Waals surface area contributed by atoms with Crippen LogP contribution >= 0.6 is 0 Å². The molecule has 7 heteroatoms. The van der Waals surface area contributed by atoms with Crippen molar-refractivity contribution in [1.82, 2.24) is 5.32 Å². The van der Waals surface area contributed by atoms with Crippen LogP contribution in [-0.2, 0) is 9.59 Å². The molecule has 0 saturated carbocycles. The number of aliphatic carboxylic acids is 2. The summed E-state index contributed by atoms with van der Waals surface area (Å²) in [6.45, 7) is 1.80. The molecule has 1 atom stereocenters. The minimum absolute atomic E-state index is 0.198.